The molecule has 70 valence electrons. The van der Waals surface area contributed by atoms with Gasteiger partial charge in [-0.25, -0.2) is 0 Å². The number of rotatable bonds is 3. The van der Waals surface area contributed by atoms with Gasteiger partial charge in [0.15, 0.2) is 0 Å². The second kappa shape index (κ2) is 5.04. The maximum atomic E-state index is 10.5. The van der Waals surface area contributed by atoms with Crippen molar-refractivity contribution in [2.75, 3.05) is 0 Å². The van der Waals surface area contributed by atoms with Gasteiger partial charge in [-0.3, -0.25) is 0 Å². The van der Waals surface area contributed by atoms with Crippen LogP contribution in [0.15, 0.2) is 23.4 Å². The van der Waals surface area contributed by atoms with E-state index in [9.17, 15) is 14.8 Å². The quantitative estimate of drug-likeness (QED) is 0.625. The Kier molecular flexibility index (Phi) is 4.00. The summed E-state index contributed by atoms with van der Waals surface area (Å²) in [6.45, 7) is 1.32. The summed E-state index contributed by atoms with van der Waals surface area (Å²) >= 11 is -2.07. The van der Waals surface area contributed by atoms with E-state index in [2.05, 4.69) is 5.18 Å². The molecule has 0 bridgehead atoms. The maximum absolute atomic E-state index is 10.5. The van der Waals surface area contributed by atoms with Gasteiger partial charge in [-0.15, -0.1) is 0 Å². The van der Waals surface area contributed by atoms with E-state index < -0.39 is 25.0 Å². The van der Waals surface area contributed by atoms with Crippen LogP contribution in [0.3, 0.4) is 0 Å². The van der Waals surface area contributed by atoms with Crippen molar-refractivity contribution in [1.82, 2.24) is 0 Å². The van der Waals surface area contributed by atoms with E-state index in [0.29, 0.717) is 3.07 Å². The number of benzene rings is 1. The Morgan fingerprint density at radius 3 is 2.86 bits per heavy atom. The van der Waals surface area contributed by atoms with Crippen LogP contribution in [0.1, 0.15) is 6.92 Å². The van der Waals surface area contributed by atoms with Gasteiger partial charge in [-0.05, 0) is 0 Å². The van der Waals surface area contributed by atoms with Crippen molar-refractivity contribution in [3.8, 4) is 5.75 Å². The molecule has 0 aliphatic rings. The Balaban J connectivity index is 2.83. The molecule has 6 heteroatoms. The minimum absolute atomic E-state index is 0.0697. The third-order valence-corrected chi connectivity index (χ3v) is 7.15. The molecule has 14 heavy (non-hydrogen) atoms. The van der Waals surface area contributed by atoms with Gasteiger partial charge in [0.25, 0.3) is 0 Å². The second-order valence-corrected chi connectivity index (χ2v) is 7.89. The van der Waals surface area contributed by atoms with Crippen LogP contribution in [0.25, 0.3) is 0 Å². The van der Waals surface area contributed by atoms with Crippen LogP contribution in [0.4, 0.5) is 5.69 Å². The molecule has 0 unspecified atom stereocenters. The molecule has 0 radical (unpaired) electrons. The Hall–Kier alpha value is -0.975. The fourth-order valence-corrected chi connectivity index (χ4v) is 4.49. The molecule has 0 aliphatic carbocycles. The van der Waals surface area contributed by atoms with Crippen LogP contribution in [0, 0.1) is 4.91 Å². The third-order valence-electron chi connectivity index (χ3n) is 1.60. The van der Waals surface area contributed by atoms with Gasteiger partial charge in [-0.2, -0.15) is 0 Å². The van der Waals surface area contributed by atoms with Crippen LogP contribution in [-0.2, 0) is 32.5 Å². The van der Waals surface area contributed by atoms with E-state index >= 15 is 0 Å². The molecule has 1 N–H and O–H groups in total. The van der Waals surface area contributed by atoms with Crippen LogP contribution < -0.4 is 3.07 Å². The molecular weight excluding hydrogens is 375 g/mol. The molecule has 0 aromatic heterocycles. The normalized spacial score (nSPS) is 8.93. The average molecular weight is 382 g/mol. The van der Waals surface area contributed by atoms with Gasteiger partial charge < -0.3 is 0 Å². The van der Waals surface area contributed by atoms with Gasteiger partial charge in [0.1, 0.15) is 0 Å². The molecule has 0 fully saturated rings. The van der Waals surface area contributed by atoms with Crippen molar-refractivity contribution in [2.24, 2.45) is 5.18 Å². The minimum atomic E-state index is -2.07. The van der Waals surface area contributed by atoms with Crippen LogP contribution in [-0.4, -0.2) is 11.1 Å². The van der Waals surface area contributed by atoms with E-state index in [0.717, 1.165) is 0 Å². The predicted octanol–water partition coefficient (Wildman–Crippen LogP) is 0.976. The molecule has 0 spiro atoms. The van der Waals surface area contributed by atoms with Crippen molar-refractivity contribution in [1.29, 1.82) is 0 Å². The summed E-state index contributed by atoms with van der Waals surface area (Å²) in [5.74, 6) is -0.282. The van der Waals surface area contributed by atoms with Gasteiger partial charge >= 0.3 is 93.3 Å². The Labute approximate surface area is 93.1 Å². The SMILES string of the molecule is CC(=O)[O][Hg][c]1cc(N=O)ccc1O. The summed E-state index contributed by atoms with van der Waals surface area (Å²) in [5.41, 5.74) is 0.241. The van der Waals surface area contributed by atoms with E-state index in [4.69, 9.17) is 2.64 Å². The number of nitrogens with zero attached hydrogens (tertiary/aromatic N) is 1. The van der Waals surface area contributed by atoms with Gasteiger partial charge in [-0.1, -0.05) is 0 Å². The summed E-state index contributed by atoms with van der Waals surface area (Å²) in [7, 11) is 0. The molecule has 1 aromatic carbocycles. The van der Waals surface area contributed by atoms with Gasteiger partial charge in [0, 0.05) is 0 Å². The molecule has 0 atom stereocenters. The zero-order chi connectivity index (χ0) is 10.6. The summed E-state index contributed by atoms with van der Waals surface area (Å²) in [5, 5.41) is 12.1. The van der Waals surface area contributed by atoms with Gasteiger partial charge in [0.05, 0.1) is 0 Å². The standard InChI is InChI=1S/C6H4NO2.C2H4O2.Hg/c8-6-3-1-5(7-9)2-4-6;1-2(3)4;/h1-3,8H;1H3,(H,3,4);/q;;+1/p-1. The predicted molar refractivity (Wildman–Crippen MR) is 45.0 cm³/mol. The Morgan fingerprint density at radius 2 is 2.29 bits per heavy atom. The van der Waals surface area contributed by atoms with Crippen molar-refractivity contribution in [3.63, 3.8) is 0 Å². The topological polar surface area (TPSA) is 76.0 Å². The van der Waals surface area contributed by atoms with Crippen molar-refractivity contribution in [3.05, 3.63) is 23.1 Å². The monoisotopic (exact) mass is 383 g/mol. The van der Waals surface area contributed by atoms with Crippen LogP contribution in [0.5, 0.6) is 5.75 Å². The van der Waals surface area contributed by atoms with Crippen molar-refractivity contribution in [2.45, 2.75) is 6.92 Å². The summed E-state index contributed by atoms with van der Waals surface area (Å²) < 4.78 is 5.47. The van der Waals surface area contributed by atoms with Crippen molar-refractivity contribution >= 4 is 14.7 Å². The molecule has 0 amide bonds. The molecule has 0 saturated heterocycles. The number of hydrogen-bond donors (Lipinski definition) is 1. The number of phenols is 1. The molecule has 1 rings (SSSR count). The van der Waals surface area contributed by atoms with E-state index in [1.165, 1.54) is 25.1 Å². The number of aromatic hydroxyl groups is 1. The van der Waals surface area contributed by atoms with E-state index in [1.807, 2.05) is 0 Å². The number of carbonyl (C=O) groups is 1. The third kappa shape index (κ3) is 3.06. The fraction of sp³-hybridized carbons (Fsp3) is 0.125. The first-order valence-electron chi connectivity index (χ1n) is 3.92. The second-order valence-electron chi connectivity index (χ2n) is 2.68. The number of nitroso groups, excluding NO2 is 1. The van der Waals surface area contributed by atoms with E-state index in [-0.39, 0.29) is 17.4 Å². The van der Waals surface area contributed by atoms with Crippen molar-refractivity contribution < 1.29 is 37.6 Å². The summed E-state index contributed by atoms with van der Waals surface area (Å²) in [6.07, 6.45) is 0. The zero-order valence-corrected chi connectivity index (χ0v) is 13.1. The number of phenolic OH excluding ortho intramolecular Hbond substituents is 1. The summed E-state index contributed by atoms with van der Waals surface area (Å²) in [6, 6.07) is 4.26. The molecule has 0 saturated carbocycles. The number of hydrogen-bond acceptors (Lipinski definition) is 5. The Bertz CT molecular complexity index is 366. The molecule has 0 heterocycles. The Morgan fingerprint density at radius 1 is 1.57 bits per heavy atom. The number of carbonyl (C=O) groups excluding carboxylic acids is 1. The fourth-order valence-electron chi connectivity index (χ4n) is 0.924. The molecular formula is C8H7HgNO4. The molecule has 5 nitrogen and oxygen atoms in total. The molecule has 1 aromatic rings. The first-order valence-corrected chi connectivity index (χ1v) is 8.91. The molecule has 0 aliphatic heterocycles. The van der Waals surface area contributed by atoms with Crippen LogP contribution in [0.2, 0.25) is 0 Å². The van der Waals surface area contributed by atoms with Gasteiger partial charge in [0.2, 0.25) is 0 Å². The zero-order valence-electron chi connectivity index (χ0n) is 7.56. The average Bonchev–Trinajstić information content (AvgIpc) is 2.16. The first-order chi connectivity index (χ1) is 6.63. The van der Waals surface area contributed by atoms with Crippen LogP contribution >= 0.6 is 0 Å². The summed E-state index contributed by atoms with van der Waals surface area (Å²) in [4.78, 5) is 20.7. The first kappa shape index (κ1) is 11.1. The van der Waals surface area contributed by atoms with E-state index in [1.54, 1.807) is 0 Å².